The summed E-state index contributed by atoms with van der Waals surface area (Å²) in [6.07, 6.45) is 0. The highest BCUT2D eigenvalue weighted by Gasteiger charge is 2.33. The molecule has 0 fully saturated rings. The molecule has 1 aromatic carbocycles. The Morgan fingerprint density at radius 1 is 1.12 bits per heavy atom. The van der Waals surface area contributed by atoms with E-state index in [0.29, 0.717) is 7.48 Å². The third-order valence-electron chi connectivity index (χ3n) is 3.13. The molecule has 2 nitrogen and oxygen atoms in total. The van der Waals surface area contributed by atoms with Gasteiger partial charge in [0.15, 0.2) is 0 Å². The third-order valence-corrected chi connectivity index (χ3v) is 3.83. The summed E-state index contributed by atoms with van der Waals surface area (Å²) in [5.74, 6) is 0. The van der Waals surface area contributed by atoms with Crippen molar-refractivity contribution in [3.8, 4) is 0 Å². The van der Waals surface area contributed by atoms with Gasteiger partial charge >= 0.3 is 7.48 Å². The number of benzene rings is 1. The van der Waals surface area contributed by atoms with Crippen molar-refractivity contribution in [1.29, 1.82) is 0 Å². The molecule has 88 valence electrons. The predicted octanol–water partition coefficient (Wildman–Crippen LogP) is 1.69. The van der Waals surface area contributed by atoms with E-state index in [0.717, 1.165) is 11.2 Å². The maximum Gasteiger partial charge on any atom is 0.309 e. The van der Waals surface area contributed by atoms with Crippen LogP contribution in [0.4, 0.5) is 5.69 Å². The van der Waals surface area contributed by atoms with Crippen molar-refractivity contribution in [2.45, 2.75) is 38.5 Å². The monoisotopic (exact) mass is 237 g/mol. The Bertz CT molecular complexity index is 343. The molecule has 0 aliphatic heterocycles. The molecule has 16 heavy (non-hydrogen) atoms. The molecule has 0 saturated carbocycles. The second-order valence-corrected chi connectivity index (χ2v) is 6.71. The van der Waals surface area contributed by atoms with Crippen LogP contribution in [0.15, 0.2) is 24.3 Å². The van der Waals surface area contributed by atoms with E-state index in [4.69, 9.17) is 10.4 Å². The number of anilines is 1. The fourth-order valence-corrected chi connectivity index (χ4v) is 1.15. The molecule has 1 unspecified atom stereocenters. The van der Waals surface area contributed by atoms with E-state index in [1.54, 1.807) is 0 Å². The topological polar surface area (TPSA) is 35.2 Å². The highest BCUT2D eigenvalue weighted by Crippen LogP contribution is 2.32. The lowest BCUT2D eigenvalue weighted by molar-refractivity contribution is 0.0841. The average Bonchev–Trinajstić information content (AvgIpc) is 2.15. The first-order valence-electron chi connectivity index (χ1n) is 5.50. The summed E-state index contributed by atoms with van der Waals surface area (Å²) in [5.41, 5.74) is 7.39. The fraction of sp³-hybridized carbons (Fsp3) is 0.500. The molecule has 1 rings (SSSR count). The zero-order valence-electron chi connectivity index (χ0n) is 10.6. The molecule has 0 spiro atoms. The lowest BCUT2D eigenvalue weighted by atomic mass is 9.84. The summed E-state index contributed by atoms with van der Waals surface area (Å²) in [6, 6.07) is 7.80. The Kier molecular flexibility index (Phi) is 4.04. The molecule has 0 aromatic heterocycles. The number of hydrogen-bond acceptors (Lipinski definition) is 2. The van der Waals surface area contributed by atoms with E-state index in [1.165, 1.54) is 0 Å². The molecule has 2 N–H and O–H groups in total. The van der Waals surface area contributed by atoms with E-state index >= 15 is 0 Å². The number of hydrogen-bond donors (Lipinski definition) is 1. The van der Waals surface area contributed by atoms with Gasteiger partial charge in [-0.2, -0.15) is 0 Å². The highest BCUT2D eigenvalue weighted by molar-refractivity contribution is 7.19. The fourth-order valence-electron chi connectivity index (χ4n) is 1.06. The SMILES string of the molecule is CC(C)(P)C(C)(C)OBc1ccc(N)cc1. The van der Waals surface area contributed by atoms with Crippen LogP contribution >= 0.6 is 9.24 Å². The number of nitrogen functional groups attached to an aromatic ring is 1. The van der Waals surface area contributed by atoms with E-state index in [2.05, 4.69) is 36.9 Å². The minimum Gasteiger partial charge on any atom is -0.429 e. The van der Waals surface area contributed by atoms with Gasteiger partial charge in [0.2, 0.25) is 0 Å². The Labute approximate surface area is 101 Å². The van der Waals surface area contributed by atoms with E-state index in [1.807, 2.05) is 24.3 Å². The highest BCUT2D eigenvalue weighted by atomic mass is 31.0. The van der Waals surface area contributed by atoms with Crippen LogP contribution in [-0.2, 0) is 4.65 Å². The van der Waals surface area contributed by atoms with Crippen molar-refractivity contribution >= 4 is 27.9 Å². The first-order chi connectivity index (χ1) is 7.22. The largest absolute Gasteiger partial charge is 0.429 e. The van der Waals surface area contributed by atoms with Gasteiger partial charge in [0.1, 0.15) is 0 Å². The Morgan fingerprint density at radius 3 is 2.06 bits per heavy atom. The predicted molar refractivity (Wildman–Crippen MR) is 76.6 cm³/mol. The molecule has 0 radical (unpaired) electrons. The Morgan fingerprint density at radius 2 is 1.62 bits per heavy atom. The van der Waals surface area contributed by atoms with Crippen molar-refractivity contribution in [3.63, 3.8) is 0 Å². The zero-order chi connectivity index (χ0) is 12.4. The van der Waals surface area contributed by atoms with Crippen LogP contribution in [0.5, 0.6) is 0 Å². The summed E-state index contributed by atoms with van der Waals surface area (Å²) in [7, 11) is 3.45. The first-order valence-corrected chi connectivity index (χ1v) is 6.07. The lowest BCUT2D eigenvalue weighted by Gasteiger charge is -2.39. The quantitative estimate of drug-likeness (QED) is 0.491. The third kappa shape index (κ3) is 3.50. The van der Waals surface area contributed by atoms with Crippen LogP contribution in [0.25, 0.3) is 0 Å². The molecular weight excluding hydrogens is 216 g/mol. The van der Waals surface area contributed by atoms with Crippen LogP contribution in [0.2, 0.25) is 0 Å². The van der Waals surface area contributed by atoms with Gasteiger partial charge in [-0.05, 0) is 26.0 Å². The molecule has 1 atom stereocenters. The molecule has 1 aromatic rings. The van der Waals surface area contributed by atoms with Gasteiger partial charge < -0.3 is 10.4 Å². The van der Waals surface area contributed by atoms with Gasteiger partial charge in [-0.1, -0.05) is 31.4 Å². The van der Waals surface area contributed by atoms with Gasteiger partial charge in [-0.25, -0.2) is 0 Å². The van der Waals surface area contributed by atoms with Crippen molar-refractivity contribution in [2.75, 3.05) is 5.73 Å². The standard InChI is InChI=1S/C12H21BNOP/c1-11(2,12(3,4)16)15-13-9-5-7-10(14)8-6-9/h5-8,13H,14,16H2,1-4H3. The second-order valence-electron chi connectivity index (χ2n) is 5.26. The lowest BCUT2D eigenvalue weighted by Crippen LogP contribution is -2.45. The average molecular weight is 237 g/mol. The summed E-state index contributed by atoms with van der Waals surface area (Å²) < 4.78 is 5.96. The maximum atomic E-state index is 5.96. The number of nitrogens with two attached hydrogens (primary N) is 1. The molecule has 0 bridgehead atoms. The van der Waals surface area contributed by atoms with Crippen molar-refractivity contribution in [1.82, 2.24) is 0 Å². The molecule has 4 heteroatoms. The first kappa shape index (κ1) is 13.5. The van der Waals surface area contributed by atoms with Crippen molar-refractivity contribution < 1.29 is 4.65 Å². The van der Waals surface area contributed by atoms with Gasteiger partial charge in [0.25, 0.3) is 0 Å². The van der Waals surface area contributed by atoms with Gasteiger partial charge in [-0.3, -0.25) is 0 Å². The Balaban J connectivity index is 2.61. The Hall–Kier alpha value is -0.525. The van der Waals surface area contributed by atoms with Crippen LogP contribution in [-0.4, -0.2) is 18.2 Å². The van der Waals surface area contributed by atoms with Crippen LogP contribution < -0.4 is 11.2 Å². The van der Waals surface area contributed by atoms with Crippen molar-refractivity contribution in [3.05, 3.63) is 24.3 Å². The van der Waals surface area contributed by atoms with Crippen LogP contribution in [0.3, 0.4) is 0 Å². The van der Waals surface area contributed by atoms with E-state index in [9.17, 15) is 0 Å². The van der Waals surface area contributed by atoms with E-state index < -0.39 is 0 Å². The van der Waals surface area contributed by atoms with Gasteiger partial charge in [0, 0.05) is 10.8 Å². The van der Waals surface area contributed by atoms with Crippen LogP contribution in [0, 0.1) is 0 Å². The molecular formula is C12H21BNOP. The molecule has 0 heterocycles. The maximum absolute atomic E-state index is 5.96. The normalized spacial score (nSPS) is 12.6. The van der Waals surface area contributed by atoms with Gasteiger partial charge in [-0.15, -0.1) is 9.24 Å². The molecule has 0 saturated heterocycles. The number of rotatable bonds is 4. The summed E-state index contributed by atoms with van der Waals surface area (Å²) >= 11 is 0. The molecule has 0 aliphatic carbocycles. The smallest absolute Gasteiger partial charge is 0.309 e. The minimum atomic E-state index is -0.181. The van der Waals surface area contributed by atoms with Crippen LogP contribution in [0.1, 0.15) is 27.7 Å². The summed E-state index contributed by atoms with van der Waals surface area (Å²) in [6.45, 7) is 8.52. The molecule has 0 amide bonds. The molecule has 0 aliphatic rings. The summed E-state index contributed by atoms with van der Waals surface area (Å²) in [4.78, 5) is 0. The van der Waals surface area contributed by atoms with E-state index in [-0.39, 0.29) is 10.8 Å². The second kappa shape index (κ2) is 4.77. The minimum absolute atomic E-state index is 0.0425. The van der Waals surface area contributed by atoms with Crippen molar-refractivity contribution in [2.24, 2.45) is 0 Å². The zero-order valence-corrected chi connectivity index (χ0v) is 11.7. The van der Waals surface area contributed by atoms with Gasteiger partial charge in [0.05, 0.1) is 5.60 Å². The summed E-state index contributed by atoms with van der Waals surface area (Å²) in [5, 5.41) is 0.0425.